The van der Waals surface area contributed by atoms with Gasteiger partial charge in [-0.15, -0.1) is 0 Å². The second-order valence-electron chi connectivity index (χ2n) is 7.95. The predicted molar refractivity (Wildman–Crippen MR) is 145 cm³/mol. The summed E-state index contributed by atoms with van der Waals surface area (Å²) in [6, 6.07) is 19.7. The molecule has 0 unspecified atom stereocenters. The molecular formula is C28H26FIN2O3. The molecule has 180 valence electrons. The zero-order valence-electron chi connectivity index (χ0n) is 19.6. The van der Waals surface area contributed by atoms with E-state index in [4.69, 9.17) is 9.47 Å². The minimum Gasteiger partial charge on any atom is -0.490 e. The highest BCUT2D eigenvalue weighted by molar-refractivity contribution is 14.1. The van der Waals surface area contributed by atoms with Crippen LogP contribution in [0.15, 0.2) is 77.4 Å². The third kappa shape index (κ3) is 5.73. The zero-order chi connectivity index (χ0) is 24.8. The first-order chi connectivity index (χ1) is 17.0. The summed E-state index contributed by atoms with van der Waals surface area (Å²) in [5.41, 5.74) is 3.33. The largest absolute Gasteiger partial charge is 0.490 e. The molecule has 4 rings (SSSR count). The Morgan fingerprint density at radius 3 is 2.49 bits per heavy atom. The van der Waals surface area contributed by atoms with Crippen LogP contribution in [0.2, 0.25) is 0 Å². The summed E-state index contributed by atoms with van der Waals surface area (Å²) in [7, 11) is 0. The van der Waals surface area contributed by atoms with E-state index in [1.807, 2.05) is 55.5 Å². The highest BCUT2D eigenvalue weighted by Crippen LogP contribution is 2.36. The van der Waals surface area contributed by atoms with Crippen molar-refractivity contribution in [2.45, 2.75) is 33.3 Å². The fourth-order valence-electron chi connectivity index (χ4n) is 3.77. The molecule has 7 heteroatoms. The Bertz CT molecular complexity index is 1270. The van der Waals surface area contributed by atoms with E-state index in [-0.39, 0.29) is 18.3 Å². The van der Waals surface area contributed by atoms with Crippen LogP contribution in [0, 0.1) is 9.39 Å². The lowest BCUT2D eigenvalue weighted by Gasteiger charge is -2.15. The molecule has 0 saturated carbocycles. The number of nitrogens with zero attached hydrogens (tertiary/aromatic N) is 2. The van der Waals surface area contributed by atoms with Crippen LogP contribution in [0.3, 0.4) is 0 Å². The van der Waals surface area contributed by atoms with Crippen LogP contribution in [0.1, 0.15) is 37.8 Å². The number of rotatable bonds is 9. The fourth-order valence-corrected chi connectivity index (χ4v) is 4.56. The first-order valence-corrected chi connectivity index (χ1v) is 12.6. The summed E-state index contributed by atoms with van der Waals surface area (Å²) in [6.07, 6.45) is 3.42. The fraction of sp³-hybridized carbons (Fsp3) is 0.214. The van der Waals surface area contributed by atoms with Gasteiger partial charge in [0.05, 0.1) is 27.1 Å². The van der Waals surface area contributed by atoms with Crippen molar-refractivity contribution >= 4 is 46.0 Å². The van der Waals surface area contributed by atoms with Crippen LogP contribution in [-0.4, -0.2) is 18.2 Å². The lowest BCUT2D eigenvalue weighted by atomic mass is 10.0. The van der Waals surface area contributed by atoms with Crippen molar-refractivity contribution in [3.05, 3.63) is 92.8 Å². The third-order valence-electron chi connectivity index (χ3n) is 5.41. The van der Waals surface area contributed by atoms with E-state index < -0.39 is 0 Å². The van der Waals surface area contributed by atoms with Gasteiger partial charge in [0.15, 0.2) is 11.5 Å². The van der Waals surface area contributed by atoms with Gasteiger partial charge in [0.2, 0.25) is 0 Å². The first-order valence-electron chi connectivity index (χ1n) is 11.5. The van der Waals surface area contributed by atoms with Crippen LogP contribution in [-0.2, 0) is 11.4 Å². The molecule has 3 aromatic carbocycles. The molecule has 0 N–H and O–H groups in total. The Morgan fingerprint density at radius 2 is 1.77 bits per heavy atom. The molecule has 0 fully saturated rings. The van der Waals surface area contributed by atoms with E-state index in [0.717, 1.165) is 27.0 Å². The third-order valence-corrected chi connectivity index (χ3v) is 6.22. The number of ether oxygens (including phenoxy) is 2. The zero-order valence-corrected chi connectivity index (χ0v) is 21.8. The average molecular weight is 584 g/mol. The van der Waals surface area contributed by atoms with Gasteiger partial charge in [-0.05, 0) is 77.9 Å². The van der Waals surface area contributed by atoms with E-state index in [1.165, 1.54) is 11.1 Å². The number of benzene rings is 3. The quantitative estimate of drug-likeness (QED) is 0.201. The van der Waals surface area contributed by atoms with Crippen molar-refractivity contribution in [3.63, 3.8) is 0 Å². The summed E-state index contributed by atoms with van der Waals surface area (Å²) in [5.74, 6) is 0.616. The van der Waals surface area contributed by atoms with Crippen LogP contribution < -0.4 is 14.5 Å². The minimum absolute atomic E-state index is 0.0843. The van der Waals surface area contributed by atoms with Gasteiger partial charge in [-0.2, -0.15) is 10.1 Å². The van der Waals surface area contributed by atoms with Crippen molar-refractivity contribution in [2.24, 2.45) is 5.10 Å². The Labute approximate surface area is 218 Å². The summed E-state index contributed by atoms with van der Waals surface area (Å²) in [6.45, 7) is 4.48. The molecule has 35 heavy (non-hydrogen) atoms. The maximum Gasteiger partial charge on any atom is 0.280 e. The molecule has 0 atom stereocenters. The number of amides is 1. The molecule has 3 aromatic rings. The van der Waals surface area contributed by atoms with Crippen LogP contribution in [0.4, 0.5) is 10.1 Å². The van der Waals surface area contributed by atoms with Crippen molar-refractivity contribution in [1.82, 2.24) is 0 Å². The number of anilines is 1. The number of carbonyl (C=O) groups excluding carboxylic acids is 1. The van der Waals surface area contributed by atoms with Crippen LogP contribution in [0.5, 0.6) is 11.5 Å². The molecule has 1 amide bonds. The number of halogens is 2. The Morgan fingerprint density at radius 1 is 1.03 bits per heavy atom. The van der Waals surface area contributed by atoms with Gasteiger partial charge in [0.1, 0.15) is 12.4 Å². The monoisotopic (exact) mass is 584 g/mol. The molecule has 0 aliphatic carbocycles. The SMILES string of the molecule is CCCC1=NN(c2ccccc2)C(=O)/C1=C/c1cc(I)c(OCc2ccccc2F)c(OCC)c1. The molecule has 0 aromatic heterocycles. The van der Waals surface area contributed by atoms with Crippen molar-refractivity contribution in [1.29, 1.82) is 0 Å². The standard InChI is InChI=1S/C28H26FIN2O3/c1-3-10-25-22(28(33)32(31-25)21-12-6-5-7-13-21)15-19-16-24(30)27(26(17-19)34-4-2)35-18-20-11-8-9-14-23(20)29/h5-9,11-17H,3-4,10,18H2,1-2H3/b22-15+. The molecular weight excluding hydrogens is 558 g/mol. The number of para-hydroxylation sites is 1. The summed E-state index contributed by atoms with van der Waals surface area (Å²) < 4.78 is 26.7. The van der Waals surface area contributed by atoms with Gasteiger partial charge in [-0.25, -0.2) is 4.39 Å². The second-order valence-corrected chi connectivity index (χ2v) is 9.11. The lowest BCUT2D eigenvalue weighted by Crippen LogP contribution is -2.21. The van der Waals surface area contributed by atoms with E-state index >= 15 is 0 Å². The number of hydrazone groups is 1. The van der Waals surface area contributed by atoms with Gasteiger partial charge in [0.25, 0.3) is 5.91 Å². The normalized spacial score (nSPS) is 14.4. The number of hydrogen-bond donors (Lipinski definition) is 0. The van der Waals surface area contributed by atoms with Gasteiger partial charge >= 0.3 is 0 Å². The minimum atomic E-state index is -0.313. The van der Waals surface area contributed by atoms with Gasteiger partial charge in [0, 0.05) is 5.56 Å². The summed E-state index contributed by atoms with van der Waals surface area (Å²) in [4.78, 5) is 13.3. The summed E-state index contributed by atoms with van der Waals surface area (Å²) >= 11 is 2.18. The molecule has 0 bridgehead atoms. The Kier molecular flexibility index (Phi) is 8.17. The lowest BCUT2D eigenvalue weighted by molar-refractivity contribution is -0.114. The summed E-state index contributed by atoms with van der Waals surface area (Å²) in [5, 5.41) is 6.07. The Balaban J connectivity index is 1.66. The maximum absolute atomic E-state index is 14.1. The van der Waals surface area contributed by atoms with Crippen molar-refractivity contribution in [3.8, 4) is 11.5 Å². The van der Waals surface area contributed by atoms with Crippen molar-refractivity contribution < 1.29 is 18.7 Å². The smallest absolute Gasteiger partial charge is 0.280 e. The molecule has 0 saturated heterocycles. The number of hydrogen-bond acceptors (Lipinski definition) is 4. The first kappa shape index (κ1) is 24.9. The molecule has 0 spiro atoms. The highest BCUT2D eigenvalue weighted by atomic mass is 127. The molecule has 0 radical (unpaired) electrons. The van der Waals surface area contributed by atoms with Crippen molar-refractivity contribution in [2.75, 3.05) is 11.6 Å². The van der Waals surface area contributed by atoms with E-state index in [1.54, 1.807) is 18.2 Å². The van der Waals surface area contributed by atoms with E-state index in [9.17, 15) is 9.18 Å². The van der Waals surface area contributed by atoms with E-state index in [2.05, 4.69) is 34.6 Å². The second kappa shape index (κ2) is 11.5. The Hall–Kier alpha value is -3.20. The molecule has 1 heterocycles. The maximum atomic E-state index is 14.1. The topological polar surface area (TPSA) is 51.1 Å². The van der Waals surface area contributed by atoms with Gasteiger partial charge < -0.3 is 9.47 Å². The molecule has 1 aliphatic heterocycles. The molecule has 5 nitrogen and oxygen atoms in total. The van der Waals surface area contributed by atoms with Gasteiger partial charge in [-0.3, -0.25) is 4.79 Å². The van der Waals surface area contributed by atoms with Crippen LogP contribution >= 0.6 is 22.6 Å². The van der Waals surface area contributed by atoms with E-state index in [0.29, 0.717) is 35.7 Å². The molecule has 1 aliphatic rings. The average Bonchev–Trinajstić information content (AvgIpc) is 3.15. The number of carbonyl (C=O) groups is 1. The predicted octanol–water partition coefficient (Wildman–Crippen LogP) is 6.99. The highest BCUT2D eigenvalue weighted by Gasteiger charge is 2.30. The van der Waals surface area contributed by atoms with Crippen LogP contribution in [0.25, 0.3) is 6.08 Å². The van der Waals surface area contributed by atoms with Gasteiger partial charge in [-0.1, -0.05) is 49.7 Å².